The molecule has 16 heavy (non-hydrogen) atoms. The number of aliphatic hydroxyl groups is 1. The Bertz CT molecular complexity index is 305. The molecule has 90 valence electrons. The molecule has 1 aromatic rings. The molecule has 4 heteroatoms. The fourth-order valence-corrected chi connectivity index (χ4v) is 0.715. The Hall–Kier alpha value is -1.23. The van der Waals surface area contributed by atoms with E-state index >= 15 is 0 Å². The first kappa shape index (κ1) is 14.8. The number of carbonyl (C=O) groups excluding carboxylic acids is 1. The molecule has 0 bridgehead atoms. The molecule has 0 radical (unpaired) electrons. The van der Waals surface area contributed by atoms with E-state index in [0.29, 0.717) is 12.1 Å². The highest BCUT2D eigenvalue weighted by molar-refractivity contribution is 5.96. The number of hydrogen-bond donors (Lipinski definition) is 3. The lowest BCUT2D eigenvalue weighted by Gasteiger charge is -2.13. The van der Waals surface area contributed by atoms with Crippen LogP contribution in [0.2, 0.25) is 0 Å². The summed E-state index contributed by atoms with van der Waals surface area (Å²) in [5.41, 5.74) is 11.0. The van der Waals surface area contributed by atoms with E-state index in [1.807, 2.05) is 19.9 Å². The smallest absolute Gasteiger partial charge is 0.188 e. The average molecular weight is 224 g/mol. The highest BCUT2D eigenvalue weighted by atomic mass is 16.3. The second-order valence-corrected chi connectivity index (χ2v) is 4.14. The molecule has 0 aromatic heterocycles. The van der Waals surface area contributed by atoms with E-state index in [4.69, 9.17) is 16.6 Å². The lowest BCUT2D eigenvalue weighted by Crippen LogP contribution is -2.40. The molecule has 0 heterocycles. The standard InChI is InChI=1S/C8H8O2.C4H12N2/c9-6-8(10)7-4-2-1-3-5-7;1-4(2,6)3-5/h1-5,9H,6H2;3,5-6H2,1-2H3. The first-order valence-electron chi connectivity index (χ1n) is 5.09. The van der Waals surface area contributed by atoms with Gasteiger partial charge in [0.1, 0.15) is 6.61 Å². The second kappa shape index (κ2) is 7.11. The van der Waals surface area contributed by atoms with Crippen molar-refractivity contribution in [2.45, 2.75) is 19.4 Å². The average Bonchev–Trinajstić information content (AvgIpc) is 2.29. The molecular weight excluding hydrogens is 204 g/mol. The maximum absolute atomic E-state index is 10.8. The van der Waals surface area contributed by atoms with Crippen LogP contribution in [0, 0.1) is 0 Å². The predicted octanol–water partition coefficient (Wildman–Crippen LogP) is 0.544. The number of nitrogens with two attached hydrogens (primary N) is 2. The van der Waals surface area contributed by atoms with Gasteiger partial charge < -0.3 is 16.6 Å². The van der Waals surface area contributed by atoms with Gasteiger partial charge in [-0.15, -0.1) is 0 Å². The Balaban J connectivity index is 0.000000325. The first-order valence-corrected chi connectivity index (χ1v) is 5.09. The number of hydrogen-bond acceptors (Lipinski definition) is 4. The molecule has 0 unspecified atom stereocenters. The van der Waals surface area contributed by atoms with Crippen LogP contribution in [-0.2, 0) is 0 Å². The molecule has 0 saturated carbocycles. The largest absolute Gasteiger partial charge is 0.388 e. The monoisotopic (exact) mass is 224 g/mol. The summed E-state index contributed by atoms with van der Waals surface area (Å²) in [6.07, 6.45) is 0. The van der Waals surface area contributed by atoms with E-state index in [1.165, 1.54) is 0 Å². The number of carbonyl (C=O) groups is 1. The highest BCUT2D eigenvalue weighted by Crippen LogP contribution is 1.98. The summed E-state index contributed by atoms with van der Waals surface area (Å²) in [5.74, 6) is -0.236. The third kappa shape index (κ3) is 7.11. The SMILES string of the molecule is CC(C)(N)CN.O=C(CO)c1ccccc1. The van der Waals surface area contributed by atoms with E-state index in [-0.39, 0.29) is 11.3 Å². The van der Waals surface area contributed by atoms with E-state index in [2.05, 4.69) is 0 Å². The second-order valence-electron chi connectivity index (χ2n) is 4.14. The molecule has 0 saturated heterocycles. The molecule has 1 aromatic carbocycles. The quantitative estimate of drug-likeness (QED) is 0.654. The summed E-state index contributed by atoms with van der Waals surface area (Å²) >= 11 is 0. The Morgan fingerprint density at radius 2 is 1.75 bits per heavy atom. The van der Waals surface area contributed by atoms with E-state index < -0.39 is 6.61 Å². The van der Waals surface area contributed by atoms with Crippen molar-refractivity contribution in [3.8, 4) is 0 Å². The molecule has 0 aliphatic rings. The van der Waals surface area contributed by atoms with Crippen molar-refractivity contribution in [3.63, 3.8) is 0 Å². The zero-order valence-electron chi connectivity index (χ0n) is 9.81. The van der Waals surface area contributed by atoms with Gasteiger partial charge in [-0.2, -0.15) is 0 Å². The maximum atomic E-state index is 10.8. The number of benzene rings is 1. The van der Waals surface area contributed by atoms with Gasteiger partial charge in [-0.1, -0.05) is 30.3 Å². The van der Waals surface area contributed by atoms with Gasteiger partial charge in [0, 0.05) is 17.6 Å². The van der Waals surface area contributed by atoms with Gasteiger partial charge in [-0.05, 0) is 13.8 Å². The van der Waals surface area contributed by atoms with E-state index in [0.717, 1.165) is 0 Å². The third-order valence-electron chi connectivity index (χ3n) is 1.77. The fourth-order valence-electron chi connectivity index (χ4n) is 0.715. The van der Waals surface area contributed by atoms with Crippen LogP contribution in [0.4, 0.5) is 0 Å². The van der Waals surface area contributed by atoms with E-state index in [9.17, 15) is 4.79 Å². The predicted molar refractivity (Wildman–Crippen MR) is 65.2 cm³/mol. The Morgan fingerprint density at radius 1 is 1.31 bits per heavy atom. The van der Waals surface area contributed by atoms with Crippen molar-refractivity contribution in [1.29, 1.82) is 0 Å². The molecule has 0 aliphatic heterocycles. The molecule has 4 nitrogen and oxygen atoms in total. The summed E-state index contributed by atoms with van der Waals surface area (Å²) in [7, 11) is 0. The molecule has 0 amide bonds. The summed E-state index contributed by atoms with van der Waals surface area (Å²) in [4.78, 5) is 10.8. The Kier molecular flexibility index (Phi) is 6.56. The van der Waals surface area contributed by atoms with Crippen LogP contribution < -0.4 is 11.5 Å². The first-order chi connectivity index (χ1) is 7.40. The molecule has 0 spiro atoms. The number of Topliss-reactive ketones (excluding diaryl/α,β-unsaturated/α-hetero) is 1. The summed E-state index contributed by atoms with van der Waals surface area (Å²) < 4.78 is 0. The molecule has 0 fully saturated rings. The van der Waals surface area contributed by atoms with Crippen molar-refractivity contribution in [3.05, 3.63) is 35.9 Å². The van der Waals surface area contributed by atoms with E-state index in [1.54, 1.807) is 24.3 Å². The van der Waals surface area contributed by atoms with Gasteiger partial charge in [0.25, 0.3) is 0 Å². The normalized spacial score (nSPS) is 10.3. The third-order valence-corrected chi connectivity index (χ3v) is 1.77. The lowest BCUT2D eigenvalue weighted by atomic mass is 10.1. The molecule has 0 atom stereocenters. The summed E-state index contributed by atoms with van der Waals surface area (Å²) in [6, 6.07) is 8.72. The van der Waals surface area contributed by atoms with Crippen molar-refractivity contribution in [1.82, 2.24) is 0 Å². The van der Waals surface area contributed by atoms with Gasteiger partial charge in [-0.25, -0.2) is 0 Å². The fraction of sp³-hybridized carbons (Fsp3) is 0.417. The van der Waals surface area contributed by atoms with Gasteiger partial charge >= 0.3 is 0 Å². The zero-order valence-corrected chi connectivity index (χ0v) is 9.81. The minimum absolute atomic E-state index is 0.181. The van der Waals surface area contributed by atoms with Gasteiger partial charge in [0.15, 0.2) is 5.78 Å². The van der Waals surface area contributed by atoms with Crippen molar-refractivity contribution >= 4 is 5.78 Å². The summed E-state index contributed by atoms with van der Waals surface area (Å²) in [5, 5.41) is 8.44. The van der Waals surface area contributed by atoms with Crippen LogP contribution in [0.15, 0.2) is 30.3 Å². The van der Waals surface area contributed by atoms with Gasteiger partial charge in [0.05, 0.1) is 0 Å². The van der Waals surface area contributed by atoms with Crippen molar-refractivity contribution in [2.75, 3.05) is 13.2 Å². The van der Waals surface area contributed by atoms with Crippen LogP contribution in [-0.4, -0.2) is 29.6 Å². The highest BCUT2D eigenvalue weighted by Gasteiger charge is 2.04. The van der Waals surface area contributed by atoms with Crippen molar-refractivity contribution in [2.24, 2.45) is 11.5 Å². The minimum atomic E-state index is -0.413. The molecular formula is C12H20N2O2. The van der Waals surface area contributed by atoms with Gasteiger partial charge in [-0.3, -0.25) is 4.79 Å². The number of rotatable bonds is 3. The van der Waals surface area contributed by atoms with Crippen LogP contribution >= 0.6 is 0 Å². The maximum Gasteiger partial charge on any atom is 0.188 e. The lowest BCUT2D eigenvalue weighted by molar-refractivity contribution is 0.0904. The van der Waals surface area contributed by atoms with Crippen molar-refractivity contribution < 1.29 is 9.90 Å². The Labute approximate surface area is 96.3 Å². The molecule has 5 N–H and O–H groups in total. The zero-order chi connectivity index (χ0) is 12.6. The van der Waals surface area contributed by atoms with Crippen LogP contribution in [0.1, 0.15) is 24.2 Å². The number of aliphatic hydroxyl groups excluding tert-OH is 1. The summed E-state index contributed by atoms with van der Waals surface area (Å²) in [6.45, 7) is 3.93. The minimum Gasteiger partial charge on any atom is -0.388 e. The van der Waals surface area contributed by atoms with Crippen LogP contribution in [0.3, 0.4) is 0 Å². The van der Waals surface area contributed by atoms with Crippen LogP contribution in [0.25, 0.3) is 0 Å². The number of ketones is 1. The van der Waals surface area contributed by atoms with Gasteiger partial charge in [0.2, 0.25) is 0 Å². The topological polar surface area (TPSA) is 89.3 Å². The van der Waals surface area contributed by atoms with Crippen LogP contribution in [0.5, 0.6) is 0 Å². The molecule has 1 rings (SSSR count). The molecule has 0 aliphatic carbocycles. The Morgan fingerprint density at radius 3 is 2.06 bits per heavy atom.